The van der Waals surface area contributed by atoms with E-state index in [1.807, 2.05) is 45.3 Å². The van der Waals surface area contributed by atoms with E-state index in [4.69, 9.17) is 14.5 Å². The second kappa shape index (κ2) is 12.8. The minimum absolute atomic E-state index is 0. The molecule has 0 radical (unpaired) electrons. The number of methoxy groups -OCH3 is 1. The van der Waals surface area contributed by atoms with Gasteiger partial charge in [-0.05, 0) is 44.0 Å². The normalized spacial score (nSPS) is 15.2. The number of carbonyl (C=O) groups is 1. The third-order valence-corrected chi connectivity index (χ3v) is 5.03. The third kappa shape index (κ3) is 7.56. The largest absolute Gasteiger partial charge is 0.497 e. The molecule has 2 N–H and O–H groups in total. The molecule has 0 atom stereocenters. The van der Waals surface area contributed by atoms with E-state index in [0.29, 0.717) is 19.7 Å². The second-order valence-corrected chi connectivity index (χ2v) is 7.33. The van der Waals surface area contributed by atoms with Crippen LogP contribution >= 0.6 is 24.0 Å². The van der Waals surface area contributed by atoms with Crippen molar-refractivity contribution in [3.63, 3.8) is 0 Å². The number of guanidine groups is 1. The Bertz CT molecular complexity index is 644. The van der Waals surface area contributed by atoms with Crippen molar-refractivity contribution < 1.29 is 14.3 Å². The summed E-state index contributed by atoms with van der Waals surface area (Å²) < 4.78 is 10.9. The molecule has 1 aromatic rings. The summed E-state index contributed by atoms with van der Waals surface area (Å²) in [6.07, 6.45) is 4.00. The van der Waals surface area contributed by atoms with Gasteiger partial charge in [0.2, 0.25) is 5.91 Å². The molecule has 0 unspecified atom stereocenters. The first-order chi connectivity index (χ1) is 13.5. The molecule has 1 saturated carbocycles. The van der Waals surface area contributed by atoms with Crippen LogP contribution in [-0.2, 0) is 4.79 Å². The Balaban J connectivity index is 0.00000420. The van der Waals surface area contributed by atoms with E-state index in [2.05, 4.69) is 10.6 Å². The lowest BCUT2D eigenvalue weighted by Crippen LogP contribution is -2.43. The lowest BCUT2D eigenvalue weighted by molar-refractivity contribution is -0.138. The van der Waals surface area contributed by atoms with Gasteiger partial charge in [-0.3, -0.25) is 9.79 Å². The average molecular weight is 518 g/mol. The van der Waals surface area contributed by atoms with E-state index in [1.54, 1.807) is 12.0 Å². The van der Waals surface area contributed by atoms with Crippen LogP contribution in [0.3, 0.4) is 0 Å². The van der Waals surface area contributed by atoms with Gasteiger partial charge in [-0.1, -0.05) is 12.8 Å². The van der Waals surface area contributed by atoms with Gasteiger partial charge in [-0.25, -0.2) is 0 Å². The van der Waals surface area contributed by atoms with Crippen LogP contribution in [0.25, 0.3) is 0 Å². The number of carbonyl (C=O) groups excluding carboxylic acids is 1. The van der Waals surface area contributed by atoms with Crippen LogP contribution < -0.4 is 20.1 Å². The molecule has 1 aliphatic rings. The lowest BCUT2D eigenvalue weighted by atomic mass is 9.85. The van der Waals surface area contributed by atoms with Crippen LogP contribution in [0.2, 0.25) is 0 Å². The molecule has 0 spiro atoms. The fourth-order valence-corrected chi connectivity index (χ4v) is 3.55. The summed E-state index contributed by atoms with van der Waals surface area (Å²) in [7, 11) is 5.29. The number of rotatable bonds is 9. The molecule has 1 aliphatic carbocycles. The standard InChI is InChI=1S/C21H34N4O3.HI/c1-5-22-20(23-14-15-28-18-10-8-17(27-4)9-11-18)24-16-21(12-6-7-13-21)19(26)25(2)3;/h8-11H,5-7,12-16H2,1-4H3,(H2,22,23,24);1H. The molecule has 0 aromatic heterocycles. The fourth-order valence-electron chi connectivity index (χ4n) is 3.55. The molecule has 0 bridgehead atoms. The summed E-state index contributed by atoms with van der Waals surface area (Å²) in [5.74, 6) is 2.51. The monoisotopic (exact) mass is 518 g/mol. The number of ether oxygens (including phenoxy) is 2. The van der Waals surface area contributed by atoms with Crippen LogP contribution in [0.5, 0.6) is 11.5 Å². The molecule has 7 nitrogen and oxygen atoms in total. The average Bonchev–Trinajstić information content (AvgIpc) is 3.19. The molecule has 0 saturated heterocycles. The van der Waals surface area contributed by atoms with Crippen LogP contribution in [-0.4, -0.2) is 64.2 Å². The summed E-state index contributed by atoms with van der Waals surface area (Å²) >= 11 is 0. The van der Waals surface area contributed by atoms with Gasteiger partial charge in [0.05, 0.1) is 25.6 Å². The van der Waals surface area contributed by atoms with Crippen molar-refractivity contribution in [1.82, 2.24) is 15.5 Å². The van der Waals surface area contributed by atoms with Gasteiger partial charge in [0.15, 0.2) is 5.96 Å². The molecule has 1 amide bonds. The second-order valence-electron chi connectivity index (χ2n) is 7.33. The van der Waals surface area contributed by atoms with Crippen molar-refractivity contribution >= 4 is 35.8 Å². The SMILES string of the molecule is CCNC(=NCC1(C(=O)N(C)C)CCCC1)NCCOc1ccc(OC)cc1.I. The first-order valence-corrected chi connectivity index (χ1v) is 10.0. The Morgan fingerprint density at radius 3 is 2.31 bits per heavy atom. The number of benzene rings is 1. The molecule has 2 rings (SSSR count). The van der Waals surface area contributed by atoms with Crippen molar-refractivity contribution in [3.8, 4) is 11.5 Å². The highest BCUT2D eigenvalue weighted by atomic mass is 127. The fraction of sp³-hybridized carbons (Fsp3) is 0.619. The summed E-state index contributed by atoms with van der Waals surface area (Å²) in [6, 6.07) is 7.51. The predicted octanol–water partition coefficient (Wildman–Crippen LogP) is 2.90. The highest BCUT2D eigenvalue weighted by Gasteiger charge is 2.42. The molecule has 1 fully saturated rings. The quantitative estimate of drug-likeness (QED) is 0.228. The van der Waals surface area contributed by atoms with Crippen LogP contribution in [0.1, 0.15) is 32.6 Å². The van der Waals surface area contributed by atoms with Gasteiger partial charge in [0, 0.05) is 20.6 Å². The van der Waals surface area contributed by atoms with Crippen molar-refractivity contribution in [2.45, 2.75) is 32.6 Å². The van der Waals surface area contributed by atoms with E-state index >= 15 is 0 Å². The molecular weight excluding hydrogens is 483 g/mol. The zero-order valence-electron chi connectivity index (χ0n) is 18.0. The summed E-state index contributed by atoms with van der Waals surface area (Å²) in [5.41, 5.74) is -0.356. The van der Waals surface area contributed by atoms with E-state index in [-0.39, 0.29) is 35.3 Å². The van der Waals surface area contributed by atoms with Crippen molar-refractivity contribution in [2.75, 3.05) is 47.4 Å². The Labute approximate surface area is 191 Å². The highest BCUT2D eigenvalue weighted by molar-refractivity contribution is 14.0. The lowest BCUT2D eigenvalue weighted by Gasteiger charge is -2.29. The Kier molecular flexibility index (Phi) is 11.2. The van der Waals surface area contributed by atoms with E-state index < -0.39 is 0 Å². The molecule has 1 aromatic carbocycles. The summed E-state index contributed by atoms with van der Waals surface area (Å²) in [5, 5.41) is 6.53. The van der Waals surface area contributed by atoms with Crippen molar-refractivity contribution in [3.05, 3.63) is 24.3 Å². The molecule has 0 heterocycles. The zero-order valence-corrected chi connectivity index (χ0v) is 20.3. The minimum Gasteiger partial charge on any atom is -0.497 e. The van der Waals surface area contributed by atoms with Crippen LogP contribution in [0.15, 0.2) is 29.3 Å². The maximum absolute atomic E-state index is 12.7. The van der Waals surface area contributed by atoms with Crippen LogP contribution in [0.4, 0.5) is 0 Å². The summed E-state index contributed by atoms with van der Waals surface area (Å²) in [6.45, 7) is 4.44. The summed E-state index contributed by atoms with van der Waals surface area (Å²) in [4.78, 5) is 19.1. The van der Waals surface area contributed by atoms with Gasteiger partial charge in [0.25, 0.3) is 0 Å². The van der Waals surface area contributed by atoms with Crippen molar-refractivity contribution in [1.29, 1.82) is 0 Å². The number of nitrogens with zero attached hydrogens (tertiary/aromatic N) is 2. The van der Waals surface area contributed by atoms with Crippen LogP contribution in [0, 0.1) is 5.41 Å². The maximum Gasteiger partial charge on any atom is 0.230 e. The maximum atomic E-state index is 12.7. The molecular formula is C21H35IN4O3. The number of hydrogen-bond donors (Lipinski definition) is 2. The molecule has 29 heavy (non-hydrogen) atoms. The smallest absolute Gasteiger partial charge is 0.230 e. The van der Waals surface area contributed by atoms with E-state index in [1.165, 1.54) is 0 Å². The molecule has 164 valence electrons. The van der Waals surface area contributed by atoms with E-state index in [9.17, 15) is 4.79 Å². The first-order valence-electron chi connectivity index (χ1n) is 10.0. The third-order valence-electron chi connectivity index (χ3n) is 5.03. The minimum atomic E-state index is -0.356. The van der Waals surface area contributed by atoms with Gasteiger partial charge < -0.3 is 25.0 Å². The highest BCUT2D eigenvalue weighted by Crippen LogP contribution is 2.39. The Hall–Kier alpha value is -1.71. The Morgan fingerprint density at radius 1 is 1.14 bits per heavy atom. The predicted molar refractivity (Wildman–Crippen MR) is 127 cm³/mol. The topological polar surface area (TPSA) is 75.2 Å². The molecule has 0 aliphatic heterocycles. The van der Waals surface area contributed by atoms with E-state index in [0.717, 1.165) is 49.7 Å². The van der Waals surface area contributed by atoms with Crippen molar-refractivity contribution in [2.24, 2.45) is 10.4 Å². The number of aliphatic imine (C=N–C) groups is 1. The number of halogens is 1. The van der Waals surface area contributed by atoms with Gasteiger partial charge in [0.1, 0.15) is 18.1 Å². The first kappa shape index (κ1) is 25.3. The number of nitrogens with one attached hydrogen (secondary N) is 2. The van der Waals surface area contributed by atoms with Gasteiger partial charge in [-0.2, -0.15) is 0 Å². The molecule has 8 heteroatoms. The Morgan fingerprint density at radius 2 is 1.76 bits per heavy atom. The number of amides is 1. The number of hydrogen-bond acceptors (Lipinski definition) is 4. The zero-order chi connectivity index (χ0) is 20.4. The van der Waals surface area contributed by atoms with Gasteiger partial charge in [-0.15, -0.1) is 24.0 Å². The van der Waals surface area contributed by atoms with Gasteiger partial charge >= 0.3 is 0 Å².